The normalized spacial score (nSPS) is 17.0. The molecule has 9 heteroatoms. The molecule has 3 rings (SSSR count). The maximum atomic E-state index is 12.9. The van der Waals surface area contributed by atoms with Crippen LogP contribution in [0.3, 0.4) is 0 Å². The Morgan fingerprint density at radius 1 is 1.25 bits per heavy atom. The number of aromatic nitrogens is 3. The molecule has 0 spiro atoms. The topological polar surface area (TPSA) is 105 Å². The van der Waals surface area contributed by atoms with E-state index in [4.69, 9.17) is 5.11 Å². The van der Waals surface area contributed by atoms with Crippen LogP contribution >= 0.6 is 0 Å². The molecule has 0 aliphatic carbocycles. The van der Waals surface area contributed by atoms with E-state index in [-0.39, 0.29) is 18.0 Å². The zero-order valence-corrected chi connectivity index (χ0v) is 13.8. The van der Waals surface area contributed by atoms with Crippen molar-refractivity contribution in [1.82, 2.24) is 19.1 Å². The van der Waals surface area contributed by atoms with Crippen LogP contribution in [0.2, 0.25) is 0 Å². The lowest BCUT2D eigenvalue weighted by Gasteiger charge is -2.29. The number of nitrogens with zero attached hydrogens (tertiary/aromatic N) is 4. The van der Waals surface area contributed by atoms with Crippen molar-refractivity contribution in [1.29, 1.82) is 0 Å². The second kappa shape index (κ2) is 6.70. The number of hydrogen-bond acceptors (Lipinski definition) is 5. The van der Waals surface area contributed by atoms with E-state index in [1.807, 2.05) is 0 Å². The van der Waals surface area contributed by atoms with Crippen molar-refractivity contribution in [2.75, 3.05) is 13.1 Å². The Labute approximate surface area is 139 Å². The summed E-state index contributed by atoms with van der Waals surface area (Å²) in [5, 5.41) is 13.1. The molecule has 8 nitrogen and oxygen atoms in total. The van der Waals surface area contributed by atoms with Crippen molar-refractivity contribution in [3.63, 3.8) is 0 Å². The molecule has 0 saturated carbocycles. The highest BCUT2D eigenvalue weighted by Crippen LogP contribution is 2.26. The van der Waals surface area contributed by atoms with Crippen molar-refractivity contribution in [2.45, 2.75) is 24.3 Å². The average molecular weight is 350 g/mol. The number of piperidine rings is 1. The molecule has 1 aliphatic heterocycles. The highest BCUT2D eigenvalue weighted by atomic mass is 32.2. The summed E-state index contributed by atoms with van der Waals surface area (Å²) in [6.07, 6.45) is 3.59. The van der Waals surface area contributed by atoms with E-state index in [0.29, 0.717) is 24.9 Å². The van der Waals surface area contributed by atoms with Gasteiger partial charge in [0.2, 0.25) is 10.0 Å². The summed E-state index contributed by atoms with van der Waals surface area (Å²) in [6.45, 7) is 0.745. The average Bonchev–Trinajstić information content (AvgIpc) is 3.08. The molecule has 0 amide bonds. The summed E-state index contributed by atoms with van der Waals surface area (Å²) >= 11 is 0. The molecule has 24 heavy (non-hydrogen) atoms. The van der Waals surface area contributed by atoms with E-state index in [9.17, 15) is 13.2 Å². The number of hydrogen-bond donors (Lipinski definition) is 1. The Morgan fingerprint density at radius 2 is 1.96 bits per heavy atom. The molecule has 128 valence electrons. The summed E-state index contributed by atoms with van der Waals surface area (Å²) in [7, 11) is -3.67. The molecule has 1 fully saturated rings. The zero-order chi connectivity index (χ0) is 17.2. The Morgan fingerprint density at radius 3 is 2.58 bits per heavy atom. The molecule has 2 heterocycles. The number of benzene rings is 1. The number of sulfonamides is 1. The van der Waals surface area contributed by atoms with Crippen LogP contribution in [-0.4, -0.2) is 51.7 Å². The van der Waals surface area contributed by atoms with Crippen molar-refractivity contribution in [3.05, 3.63) is 42.5 Å². The van der Waals surface area contributed by atoms with Gasteiger partial charge in [-0.15, -0.1) is 0 Å². The third kappa shape index (κ3) is 3.31. The van der Waals surface area contributed by atoms with Gasteiger partial charge >= 0.3 is 5.97 Å². The fraction of sp³-hybridized carbons (Fsp3) is 0.400. The molecule has 1 aromatic carbocycles. The third-order valence-corrected chi connectivity index (χ3v) is 6.19. The van der Waals surface area contributed by atoms with Gasteiger partial charge in [0.1, 0.15) is 12.7 Å². The van der Waals surface area contributed by atoms with Crippen LogP contribution in [0.15, 0.2) is 41.8 Å². The fourth-order valence-corrected chi connectivity index (χ4v) is 4.54. The first-order valence-corrected chi connectivity index (χ1v) is 9.06. The van der Waals surface area contributed by atoms with Gasteiger partial charge in [-0.25, -0.2) is 18.1 Å². The minimum atomic E-state index is -3.67. The predicted octanol–water partition coefficient (Wildman–Crippen LogP) is 0.812. The van der Waals surface area contributed by atoms with Crippen LogP contribution in [0.1, 0.15) is 18.4 Å². The maximum Gasteiger partial charge on any atom is 0.306 e. The Hall–Kier alpha value is -2.26. The summed E-state index contributed by atoms with van der Waals surface area (Å²) in [5.41, 5.74) is 0.628. The SMILES string of the molecule is O=C(O)C1CCN(S(=O)(=O)c2ccccc2Cn2cncn2)CC1. The molecular weight excluding hydrogens is 332 g/mol. The standard InChI is InChI=1S/C15H18N4O4S/c20-15(21)12-5-7-19(8-6-12)24(22,23)14-4-2-1-3-13(14)9-18-11-16-10-17-18/h1-4,10-12H,5-9H2,(H,20,21). The van der Waals surface area contributed by atoms with Crippen molar-refractivity contribution >= 4 is 16.0 Å². The second-order valence-corrected chi connectivity index (χ2v) is 7.62. The molecule has 0 bridgehead atoms. The molecule has 2 aromatic rings. The predicted molar refractivity (Wildman–Crippen MR) is 84.7 cm³/mol. The first-order chi connectivity index (χ1) is 11.5. The first-order valence-electron chi connectivity index (χ1n) is 7.62. The minimum Gasteiger partial charge on any atom is -0.481 e. The lowest BCUT2D eigenvalue weighted by molar-refractivity contribution is -0.142. The molecular formula is C15H18N4O4S. The van der Waals surface area contributed by atoms with Crippen LogP contribution in [-0.2, 0) is 21.4 Å². The van der Waals surface area contributed by atoms with Crippen LogP contribution in [0.4, 0.5) is 0 Å². The van der Waals surface area contributed by atoms with Crippen LogP contribution in [0.25, 0.3) is 0 Å². The van der Waals surface area contributed by atoms with Gasteiger partial charge in [-0.1, -0.05) is 18.2 Å². The Balaban J connectivity index is 1.84. The Kier molecular flexibility index (Phi) is 4.63. The van der Waals surface area contributed by atoms with Crippen molar-refractivity contribution < 1.29 is 18.3 Å². The monoisotopic (exact) mass is 350 g/mol. The van der Waals surface area contributed by atoms with Gasteiger partial charge in [-0.3, -0.25) is 4.79 Å². The molecule has 0 radical (unpaired) electrons. The molecule has 0 unspecified atom stereocenters. The third-order valence-electron chi connectivity index (χ3n) is 4.19. The number of carboxylic acids is 1. The van der Waals surface area contributed by atoms with Gasteiger partial charge in [-0.2, -0.15) is 9.40 Å². The summed E-state index contributed by atoms with van der Waals surface area (Å²) in [5.74, 6) is -1.33. The van der Waals surface area contributed by atoms with Crippen LogP contribution < -0.4 is 0 Å². The summed E-state index contributed by atoms with van der Waals surface area (Å²) in [6, 6.07) is 6.78. The summed E-state index contributed by atoms with van der Waals surface area (Å²) < 4.78 is 28.8. The molecule has 1 N–H and O–H groups in total. The highest BCUT2D eigenvalue weighted by Gasteiger charge is 2.33. The van der Waals surface area contributed by atoms with Crippen LogP contribution in [0, 0.1) is 5.92 Å². The van der Waals surface area contributed by atoms with Gasteiger partial charge in [0.05, 0.1) is 17.4 Å². The molecule has 0 atom stereocenters. The van der Waals surface area contributed by atoms with Crippen molar-refractivity contribution in [2.24, 2.45) is 5.92 Å². The van der Waals surface area contributed by atoms with E-state index in [0.717, 1.165) is 0 Å². The van der Waals surface area contributed by atoms with Gasteiger partial charge in [0.25, 0.3) is 0 Å². The largest absolute Gasteiger partial charge is 0.481 e. The van der Waals surface area contributed by atoms with E-state index in [1.165, 1.54) is 17.0 Å². The fourth-order valence-electron chi connectivity index (χ4n) is 2.86. The van der Waals surface area contributed by atoms with Gasteiger partial charge in [0, 0.05) is 13.1 Å². The lowest BCUT2D eigenvalue weighted by Crippen LogP contribution is -2.40. The number of carboxylic acid groups (broad SMARTS) is 1. The lowest BCUT2D eigenvalue weighted by atomic mass is 9.99. The quantitative estimate of drug-likeness (QED) is 0.855. The van der Waals surface area contributed by atoms with E-state index >= 15 is 0 Å². The number of rotatable bonds is 5. The second-order valence-electron chi connectivity index (χ2n) is 5.72. The van der Waals surface area contributed by atoms with Gasteiger partial charge < -0.3 is 5.11 Å². The number of aliphatic carboxylic acids is 1. The molecule has 1 aliphatic rings. The minimum absolute atomic E-state index is 0.219. The highest BCUT2D eigenvalue weighted by molar-refractivity contribution is 7.89. The van der Waals surface area contributed by atoms with E-state index < -0.39 is 21.9 Å². The van der Waals surface area contributed by atoms with E-state index in [1.54, 1.807) is 28.9 Å². The Bertz CT molecular complexity index is 812. The zero-order valence-electron chi connectivity index (χ0n) is 12.9. The van der Waals surface area contributed by atoms with E-state index in [2.05, 4.69) is 10.1 Å². The van der Waals surface area contributed by atoms with Gasteiger partial charge in [0.15, 0.2) is 0 Å². The number of carbonyl (C=O) groups is 1. The van der Waals surface area contributed by atoms with Crippen molar-refractivity contribution in [3.8, 4) is 0 Å². The first kappa shape index (κ1) is 16.6. The summed E-state index contributed by atoms with van der Waals surface area (Å²) in [4.78, 5) is 15.1. The molecule has 1 aromatic heterocycles. The molecule has 1 saturated heterocycles. The maximum absolute atomic E-state index is 12.9. The van der Waals surface area contributed by atoms with Crippen LogP contribution in [0.5, 0.6) is 0 Å². The van der Waals surface area contributed by atoms with Gasteiger partial charge in [-0.05, 0) is 24.5 Å². The smallest absolute Gasteiger partial charge is 0.306 e.